The number of carbonyl (C=O) groups excluding carboxylic acids is 4. The molecule has 0 heterocycles. The van der Waals surface area contributed by atoms with Gasteiger partial charge in [0.05, 0.1) is 42.3 Å². The Morgan fingerprint density at radius 1 is 0.672 bits per heavy atom. The number of hydrogen-bond acceptors (Lipinski definition) is 8. The van der Waals surface area contributed by atoms with Gasteiger partial charge in [-0.3, -0.25) is 19.2 Å². The minimum atomic E-state index is -1.17. The fourth-order valence-electron chi connectivity index (χ4n) is 7.92. The van der Waals surface area contributed by atoms with E-state index in [4.69, 9.17) is 9.47 Å². The van der Waals surface area contributed by atoms with Crippen molar-refractivity contribution in [3.05, 3.63) is 167 Å². The number of ketones is 1. The number of carbonyl (C=O) groups is 4. The van der Waals surface area contributed by atoms with Crippen LogP contribution >= 0.6 is 11.8 Å². The Labute approximate surface area is 345 Å². The molecule has 300 valence electrons. The first-order valence-electron chi connectivity index (χ1n) is 19.8. The molecule has 8 nitrogen and oxygen atoms in total. The lowest BCUT2D eigenvalue weighted by Gasteiger charge is -2.37. The highest BCUT2D eigenvalue weighted by Crippen LogP contribution is 2.49. The van der Waals surface area contributed by atoms with E-state index >= 15 is 0 Å². The zero-order valence-corrected chi connectivity index (χ0v) is 34.2. The van der Waals surface area contributed by atoms with E-state index in [0.717, 1.165) is 38.9 Å². The monoisotopic (exact) mass is 797 g/mol. The number of amides is 1. The molecule has 0 radical (unpaired) electrons. The first-order chi connectivity index (χ1) is 28.0. The van der Waals surface area contributed by atoms with Crippen LogP contribution in [0.2, 0.25) is 0 Å². The van der Waals surface area contributed by atoms with Crippen LogP contribution in [0.3, 0.4) is 0 Å². The molecule has 2 N–H and O–H groups in total. The zero-order chi connectivity index (χ0) is 41.2. The van der Waals surface area contributed by atoms with Crippen molar-refractivity contribution in [3.8, 4) is 11.1 Å². The number of thioether (sulfide) groups is 1. The van der Waals surface area contributed by atoms with Gasteiger partial charge in [0.25, 0.3) is 0 Å². The first kappa shape index (κ1) is 42.1. The molecular formula is C49H51NO7S. The third-order valence-corrected chi connectivity index (χ3v) is 12.8. The highest BCUT2D eigenvalue weighted by Gasteiger charge is 2.40. The normalized spacial score (nSPS) is 14.4. The molecule has 1 amide bonds. The van der Waals surface area contributed by atoms with Crippen LogP contribution in [0.4, 0.5) is 0 Å². The minimum absolute atomic E-state index is 0.104. The summed E-state index contributed by atoms with van der Waals surface area (Å²) in [6.45, 7) is 5.29. The van der Waals surface area contributed by atoms with Crippen molar-refractivity contribution in [1.82, 2.24) is 5.32 Å². The second-order valence-electron chi connectivity index (χ2n) is 15.2. The molecule has 9 heteroatoms. The molecule has 5 aromatic carbocycles. The molecule has 0 fully saturated rings. The summed E-state index contributed by atoms with van der Waals surface area (Å²) in [5, 5.41) is 13.5. The first-order valence-corrected chi connectivity index (χ1v) is 20.8. The summed E-state index contributed by atoms with van der Waals surface area (Å²) < 4.78 is 10.0. The molecule has 0 aromatic heterocycles. The molecule has 0 bridgehead atoms. The second kappa shape index (κ2) is 19.3. The number of hydrogen-bond donors (Lipinski definition) is 2. The molecule has 0 saturated heterocycles. The molecule has 0 saturated carbocycles. The Bertz CT molecular complexity index is 2030. The van der Waals surface area contributed by atoms with Crippen LogP contribution in [0.1, 0.15) is 67.3 Å². The molecule has 58 heavy (non-hydrogen) atoms. The SMILES string of the molecule is COC(=O)[C@H](CC(=O)[C@@H](CSC(c1ccccc1)(c1ccccc1)c1ccccc1)NC(=O)[C@H](CC(=O)OCC1c2ccccc2-c2ccccc21)C(C)C)[C@H](C)O. The van der Waals surface area contributed by atoms with Gasteiger partial charge < -0.3 is 19.9 Å². The van der Waals surface area contributed by atoms with Crippen LogP contribution in [-0.4, -0.2) is 60.4 Å². The number of rotatable bonds is 18. The smallest absolute Gasteiger partial charge is 0.311 e. The minimum Gasteiger partial charge on any atom is -0.469 e. The van der Waals surface area contributed by atoms with Crippen LogP contribution in [0.25, 0.3) is 11.1 Å². The lowest BCUT2D eigenvalue weighted by atomic mass is 9.84. The van der Waals surface area contributed by atoms with Gasteiger partial charge in [-0.25, -0.2) is 0 Å². The van der Waals surface area contributed by atoms with Crippen molar-refractivity contribution < 1.29 is 33.8 Å². The predicted octanol–water partition coefficient (Wildman–Crippen LogP) is 8.34. The van der Waals surface area contributed by atoms with Crippen LogP contribution < -0.4 is 5.32 Å². The summed E-state index contributed by atoms with van der Waals surface area (Å²) in [5.74, 6) is -4.39. The number of nitrogens with one attached hydrogen (secondary N) is 1. The summed E-state index contributed by atoms with van der Waals surface area (Å²) >= 11 is 1.50. The lowest BCUT2D eigenvalue weighted by molar-refractivity contribution is -0.151. The van der Waals surface area contributed by atoms with Gasteiger partial charge in [-0.15, -0.1) is 11.8 Å². The maximum absolute atomic E-state index is 14.4. The van der Waals surface area contributed by atoms with E-state index in [9.17, 15) is 24.3 Å². The number of methoxy groups -OCH3 is 1. The highest BCUT2D eigenvalue weighted by molar-refractivity contribution is 8.00. The van der Waals surface area contributed by atoms with Crippen molar-refractivity contribution >= 4 is 35.4 Å². The van der Waals surface area contributed by atoms with Crippen molar-refractivity contribution in [2.45, 2.75) is 56.4 Å². The number of ether oxygens (including phenoxy) is 2. The Morgan fingerprint density at radius 2 is 1.14 bits per heavy atom. The van der Waals surface area contributed by atoms with E-state index in [1.54, 1.807) is 0 Å². The van der Waals surface area contributed by atoms with E-state index in [2.05, 4.69) is 29.6 Å². The van der Waals surface area contributed by atoms with Gasteiger partial charge in [-0.1, -0.05) is 153 Å². The Balaban J connectivity index is 1.27. The molecule has 5 aromatic rings. The van der Waals surface area contributed by atoms with Crippen LogP contribution in [0.5, 0.6) is 0 Å². The van der Waals surface area contributed by atoms with E-state index in [0.29, 0.717) is 0 Å². The van der Waals surface area contributed by atoms with Crippen molar-refractivity contribution in [2.24, 2.45) is 17.8 Å². The van der Waals surface area contributed by atoms with Gasteiger partial charge in [0.15, 0.2) is 5.78 Å². The molecule has 6 rings (SSSR count). The number of benzene rings is 5. The standard InChI is InChI=1S/C49H51NO7S/c1-32(2)41(29-46(53)57-30-43-39-26-16-14-24-37(39)38-25-15-17-27-40(38)43)47(54)50-44(45(52)28-42(33(3)51)48(55)56-4)31-58-49(34-18-8-5-9-19-34,35-20-10-6-11-21-35)36-22-12-7-13-23-36/h5-27,32-33,41-44,51H,28-31H2,1-4H3,(H,50,54)/t33-,41+,42+,44+/m0/s1. The van der Waals surface area contributed by atoms with Gasteiger partial charge in [0.2, 0.25) is 5.91 Å². The lowest BCUT2D eigenvalue weighted by Crippen LogP contribution is -2.48. The van der Waals surface area contributed by atoms with Crippen molar-refractivity contribution in [1.29, 1.82) is 0 Å². The van der Waals surface area contributed by atoms with Gasteiger partial charge >= 0.3 is 11.9 Å². The molecule has 0 aliphatic heterocycles. The maximum atomic E-state index is 14.4. The average molecular weight is 798 g/mol. The number of aliphatic hydroxyl groups is 1. The van der Waals surface area contributed by atoms with E-state index in [-0.39, 0.29) is 37.0 Å². The second-order valence-corrected chi connectivity index (χ2v) is 16.4. The Kier molecular flexibility index (Phi) is 14.0. The fourth-order valence-corrected chi connectivity index (χ4v) is 9.51. The summed E-state index contributed by atoms with van der Waals surface area (Å²) in [6, 6.07) is 45.1. The third kappa shape index (κ3) is 9.27. The van der Waals surface area contributed by atoms with Crippen LogP contribution in [0.15, 0.2) is 140 Å². The largest absolute Gasteiger partial charge is 0.469 e. The zero-order valence-electron chi connectivity index (χ0n) is 33.4. The van der Waals surface area contributed by atoms with Crippen molar-refractivity contribution in [2.75, 3.05) is 19.5 Å². The van der Waals surface area contributed by atoms with Gasteiger partial charge in [0.1, 0.15) is 6.61 Å². The van der Waals surface area contributed by atoms with E-state index in [1.165, 1.54) is 25.8 Å². The van der Waals surface area contributed by atoms with Crippen LogP contribution in [-0.2, 0) is 33.4 Å². The average Bonchev–Trinajstić information content (AvgIpc) is 3.57. The van der Waals surface area contributed by atoms with E-state index < -0.39 is 52.4 Å². The quantitative estimate of drug-likeness (QED) is 0.0672. The molecule has 0 unspecified atom stereocenters. The maximum Gasteiger partial charge on any atom is 0.311 e. The molecular weight excluding hydrogens is 747 g/mol. The summed E-state index contributed by atoms with van der Waals surface area (Å²) in [5.41, 5.74) is 7.34. The van der Waals surface area contributed by atoms with Gasteiger partial charge in [-0.05, 0) is 51.8 Å². The molecule has 1 aliphatic rings. The molecule has 0 spiro atoms. The number of esters is 2. The van der Waals surface area contributed by atoms with Gasteiger partial charge in [0, 0.05) is 18.1 Å². The summed E-state index contributed by atoms with van der Waals surface area (Å²) in [6.07, 6.45) is -1.72. The predicted molar refractivity (Wildman–Crippen MR) is 228 cm³/mol. The Hall–Kier alpha value is -5.51. The van der Waals surface area contributed by atoms with E-state index in [1.807, 2.05) is 129 Å². The summed E-state index contributed by atoms with van der Waals surface area (Å²) in [7, 11) is 1.21. The third-order valence-electron chi connectivity index (χ3n) is 11.1. The molecule has 4 atom stereocenters. The Morgan fingerprint density at radius 3 is 1.59 bits per heavy atom. The highest BCUT2D eigenvalue weighted by atomic mass is 32.2. The summed E-state index contributed by atoms with van der Waals surface area (Å²) in [4.78, 5) is 55.0. The number of aliphatic hydroxyl groups excluding tert-OH is 1. The number of Topliss-reactive ketones (excluding diaryl/α,β-unsaturated/α-hetero) is 1. The van der Waals surface area contributed by atoms with Crippen LogP contribution in [0, 0.1) is 17.8 Å². The number of fused-ring (bicyclic) bond motifs is 3. The molecule has 1 aliphatic carbocycles. The fraction of sp³-hybridized carbons (Fsp3) is 0.306. The van der Waals surface area contributed by atoms with Crippen molar-refractivity contribution in [3.63, 3.8) is 0 Å². The topological polar surface area (TPSA) is 119 Å². The van der Waals surface area contributed by atoms with Gasteiger partial charge in [-0.2, -0.15) is 0 Å².